The first-order chi connectivity index (χ1) is 11.6. The van der Waals surface area contributed by atoms with Crippen LogP contribution in [0.2, 0.25) is 0 Å². The molecule has 0 aromatic carbocycles. The van der Waals surface area contributed by atoms with Gasteiger partial charge in [0.15, 0.2) is 6.10 Å². The van der Waals surface area contributed by atoms with E-state index in [9.17, 15) is 27.6 Å². The van der Waals surface area contributed by atoms with Crippen LogP contribution in [0, 0.1) is 0 Å². The van der Waals surface area contributed by atoms with Gasteiger partial charge in [-0.25, -0.2) is 9.78 Å². The number of anilines is 1. The van der Waals surface area contributed by atoms with Crippen molar-refractivity contribution in [3.8, 4) is 0 Å². The second kappa shape index (κ2) is 7.05. The number of rotatable bonds is 4. The molecule has 1 N–H and O–H groups in total. The van der Waals surface area contributed by atoms with E-state index in [0.29, 0.717) is 0 Å². The first-order valence-electron chi connectivity index (χ1n) is 6.98. The van der Waals surface area contributed by atoms with Gasteiger partial charge in [0, 0.05) is 6.92 Å². The average molecular weight is 362 g/mol. The van der Waals surface area contributed by atoms with E-state index in [1.165, 1.54) is 6.07 Å². The van der Waals surface area contributed by atoms with Crippen LogP contribution < -0.4 is 4.90 Å². The highest BCUT2D eigenvalue weighted by molar-refractivity contribution is 5.99. The minimum atomic E-state index is -4.70. The van der Waals surface area contributed by atoms with Gasteiger partial charge in [-0.05, 0) is 12.1 Å². The lowest BCUT2D eigenvalue weighted by Gasteiger charge is -2.33. The van der Waals surface area contributed by atoms with Gasteiger partial charge in [0.25, 0.3) is 5.91 Å². The van der Waals surface area contributed by atoms with Crippen molar-refractivity contribution in [2.75, 3.05) is 18.1 Å². The van der Waals surface area contributed by atoms with Gasteiger partial charge in [0.05, 0.1) is 13.2 Å². The summed E-state index contributed by atoms with van der Waals surface area (Å²) in [5.41, 5.74) is -1.20. The number of halogens is 3. The van der Waals surface area contributed by atoms with Crippen LogP contribution in [0.4, 0.5) is 19.0 Å². The predicted molar refractivity (Wildman–Crippen MR) is 74.5 cm³/mol. The normalized spacial score (nSPS) is 19.4. The highest BCUT2D eigenvalue weighted by Gasteiger charge is 2.43. The largest absolute Gasteiger partial charge is 0.478 e. The van der Waals surface area contributed by atoms with E-state index in [2.05, 4.69) is 9.72 Å². The number of ether oxygens (including phenoxy) is 2. The highest BCUT2D eigenvalue weighted by atomic mass is 19.4. The van der Waals surface area contributed by atoms with E-state index in [1.54, 1.807) is 0 Å². The number of carbonyl (C=O) groups excluding carboxylic acids is 2. The van der Waals surface area contributed by atoms with Gasteiger partial charge in [-0.3, -0.25) is 14.5 Å². The van der Waals surface area contributed by atoms with Gasteiger partial charge < -0.3 is 14.6 Å². The lowest BCUT2D eigenvalue weighted by molar-refractivity contribution is -0.177. The smallest absolute Gasteiger partial charge is 0.433 e. The second-order valence-electron chi connectivity index (χ2n) is 5.03. The van der Waals surface area contributed by atoms with Crippen molar-refractivity contribution in [2.24, 2.45) is 0 Å². The van der Waals surface area contributed by atoms with Crippen molar-refractivity contribution in [2.45, 2.75) is 25.3 Å². The molecular weight excluding hydrogens is 349 g/mol. The van der Waals surface area contributed by atoms with Crippen LogP contribution in [0.15, 0.2) is 18.2 Å². The van der Waals surface area contributed by atoms with Crippen LogP contribution in [0.1, 0.15) is 12.6 Å². The molecule has 1 aliphatic rings. The fraction of sp³-hybridized carbons (Fsp3) is 0.429. The number of nitrogens with zero attached hydrogens (tertiary/aromatic N) is 2. The number of carboxylic acids is 1. The summed E-state index contributed by atoms with van der Waals surface area (Å²) in [5, 5.41) is 9.11. The number of pyridine rings is 1. The Hall–Kier alpha value is -2.69. The van der Waals surface area contributed by atoms with E-state index >= 15 is 0 Å². The lowest BCUT2D eigenvalue weighted by atomic mass is 10.1. The molecule has 1 aliphatic heterocycles. The van der Waals surface area contributed by atoms with Crippen LogP contribution in [0.3, 0.4) is 0 Å². The standard InChI is InChI=1S/C14H13F3N2O6/c1-7(20)25-11(13(22)23)10-12(21)19(5-6-24-10)9-4-2-3-8(18-9)14(15,16)17/h2-4,10-11H,5-6H2,1H3,(H,22,23)/t10-,11-/m1/s1. The number of morpholine rings is 1. The molecule has 25 heavy (non-hydrogen) atoms. The Kier molecular flexibility index (Phi) is 5.26. The number of aliphatic carboxylic acids is 1. The summed E-state index contributed by atoms with van der Waals surface area (Å²) in [5.74, 6) is -3.84. The summed E-state index contributed by atoms with van der Waals surface area (Å²) in [6, 6.07) is 2.99. The maximum atomic E-state index is 12.8. The Labute approximate surface area is 139 Å². The van der Waals surface area contributed by atoms with Crippen LogP contribution in [-0.4, -0.2) is 53.3 Å². The molecule has 1 aromatic heterocycles. The molecule has 1 aromatic rings. The molecule has 2 heterocycles. The third-order valence-electron chi connectivity index (χ3n) is 3.23. The van der Waals surface area contributed by atoms with Crippen molar-refractivity contribution in [1.29, 1.82) is 0 Å². The van der Waals surface area contributed by atoms with Gasteiger partial charge in [-0.15, -0.1) is 0 Å². The van der Waals surface area contributed by atoms with Crippen LogP contribution in [-0.2, 0) is 30.0 Å². The zero-order valence-electron chi connectivity index (χ0n) is 12.8. The molecular formula is C14H13F3N2O6. The van der Waals surface area contributed by atoms with E-state index in [1.807, 2.05) is 0 Å². The SMILES string of the molecule is CC(=O)O[C@@H](C(=O)O)[C@H]1OCCN(c2cccc(C(F)(F)F)n2)C1=O. The predicted octanol–water partition coefficient (Wildman–Crippen LogP) is 0.848. The van der Waals surface area contributed by atoms with Crippen LogP contribution in [0.5, 0.6) is 0 Å². The van der Waals surface area contributed by atoms with Crippen molar-refractivity contribution in [3.05, 3.63) is 23.9 Å². The Balaban J connectivity index is 2.30. The average Bonchev–Trinajstić information content (AvgIpc) is 2.52. The molecule has 1 saturated heterocycles. The molecule has 1 fully saturated rings. The molecule has 0 radical (unpaired) electrons. The summed E-state index contributed by atoms with van der Waals surface area (Å²) in [6.07, 6.45) is -8.31. The number of aromatic nitrogens is 1. The molecule has 1 amide bonds. The Morgan fingerprint density at radius 3 is 2.68 bits per heavy atom. The number of amides is 1. The molecule has 8 nitrogen and oxygen atoms in total. The maximum Gasteiger partial charge on any atom is 0.433 e. The molecule has 2 rings (SSSR count). The second-order valence-corrected chi connectivity index (χ2v) is 5.03. The van der Waals surface area contributed by atoms with E-state index < -0.39 is 41.9 Å². The van der Waals surface area contributed by atoms with E-state index in [4.69, 9.17) is 9.84 Å². The Morgan fingerprint density at radius 1 is 1.44 bits per heavy atom. The third kappa shape index (κ3) is 4.24. The summed E-state index contributed by atoms with van der Waals surface area (Å²) in [7, 11) is 0. The fourth-order valence-corrected chi connectivity index (χ4v) is 2.20. The van der Waals surface area contributed by atoms with Crippen molar-refractivity contribution in [3.63, 3.8) is 0 Å². The zero-order valence-corrected chi connectivity index (χ0v) is 12.8. The van der Waals surface area contributed by atoms with Gasteiger partial charge in [-0.2, -0.15) is 13.2 Å². The van der Waals surface area contributed by atoms with Crippen LogP contribution in [0.25, 0.3) is 0 Å². The van der Waals surface area contributed by atoms with Crippen molar-refractivity contribution in [1.82, 2.24) is 4.98 Å². The molecule has 0 spiro atoms. The minimum absolute atomic E-state index is 0.129. The van der Waals surface area contributed by atoms with Crippen LogP contribution >= 0.6 is 0 Å². The fourth-order valence-electron chi connectivity index (χ4n) is 2.20. The Morgan fingerprint density at radius 2 is 2.12 bits per heavy atom. The minimum Gasteiger partial charge on any atom is -0.478 e. The summed E-state index contributed by atoms with van der Waals surface area (Å²) >= 11 is 0. The number of alkyl halides is 3. The molecule has 0 bridgehead atoms. The summed E-state index contributed by atoms with van der Waals surface area (Å²) in [4.78, 5) is 38.9. The maximum absolute atomic E-state index is 12.8. The van der Waals surface area contributed by atoms with Crippen molar-refractivity contribution >= 4 is 23.7 Å². The van der Waals surface area contributed by atoms with E-state index in [0.717, 1.165) is 24.0 Å². The summed E-state index contributed by atoms with van der Waals surface area (Å²) < 4.78 is 47.9. The van der Waals surface area contributed by atoms with Gasteiger partial charge in [0.2, 0.25) is 6.10 Å². The third-order valence-corrected chi connectivity index (χ3v) is 3.23. The monoisotopic (exact) mass is 362 g/mol. The molecule has 0 unspecified atom stereocenters. The topological polar surface area (TPSA) is 106 Å². The van der Waals surface area contributed by atoms with Crippen molar-refractivity contribution < 1.29 is 42.1 Å². The lowest BCUT2D eigenvalue weighted by Crippen LogP contribution is -2.55. The number of carbonyl (C=O) groups is 3. The van der Waals surface area contributed by atoms with Gasteiger partial charge in [0.1, 0.15) is 11.5 Å². The highest BCUT2D eigenvalue weighted by Crippen LogP contribution is 2.29. The molecule has 2 atom stereocenters. The van der Waals surface area contributed by atoms with Gasteiger partial charge in [-0.1, -0.05) is 6.07 Å². The molecule has 136 valence electrons. The van der Waals surface area contributed by atoms with E-state index in [-0.39, 0.29) is 19.0 Å². The molecule has 0 saturated carbocycles. The molecule has 0 aliphatic carbocycles. The first-order valence-corrected chi connectivity index (χ1v) is 6.98. The van der Waals surface area contributed by atoms with Gasteiger partial charge >= 0.3 is 18.1 Å². The number of carboxylic acid groups (broad SMARTS) is 1. The number of hydrogen-bond donors (Lipinski definition) is 1. The summed E-state index contributed by atoms with van der Waals surface area (Å²) in [6.45, 7) is 0.658. The first kappa shape index (κ1) is 18.6. The quantitative estimate of drug-likeness (QED) is 0.792. The number of esters is 1. The number of hydrogen-bond acceptors (Lipinski definition) is 6. The molecule has 11 heteroatoms. The zero-order chi connectivity index (χ0) is 18.8. The Bertz CT molecular complexity index is 693.